The summed E-state index contributed by atoms with van der Waals surface area (Å²) >= 11 is 0. The van der Waals surface area contributed by atoms with Crippen LogP contribution in [0.25, 0.3) is 0 Å². The molecule has 4 heteroatoms. The summed E-state index contributed by atoms with van der Waals surface area (Å²) in [5.74, 6) is -0.882. The number of hydrogen-bond acceptors (Lipinski definition) is 2. The molecular weight excluding hydrogens is 272 g/mol. The van der Waals surface area contributed by atoms with Gasteiger partial charge in [-0.2, -0.15) is 18.2 Å². The van der Waals surface area contributed by atoms with E-state index in [1.807, 2.05) is 30.3 Å². The average molecular weight is 287 g/mol. The molecule has 1 aliphatic rings. The Morgan fingerprint density at radius 1 is 1.28 bits per heavy atom. The van der Waals surface area contributed by atoms with E-state index in [4.69, 9.17) is 5.11 Å². The number of carbonyl (C=O) groups is 1. The van der Waals surface area contributed by atoms with E-state index in [0.29, 0.717) is 12.0 Å². The van der Waals surface area contributed by atoms with Crippen LogP contribution in [0.5, 0.6) is 0 Å². The van der Waals surface area contributed by atoms with Crippen LogP contribution in [0.15, 0.2) is 65.5 Å². The van der Waals surface area contributed by atoms with Gasteiger partial charge in [-0.3, -0.25) is 0 Å². The topological polar surface area (TPSA) is 57.5 Å². The van der Waals surface area contributed by atoms with Gasteiger partial charge in [-0.05, 0) is 6.08 Å². The van der Waals surface area contributed by atoms with Crippen molar-refractivity contribution in [2.45, 2.75) is 13.3 Å². The Labute approximate surface area is 117 Å². The Bertz CT molecular complexity index is 436. The summed E-state index contributed by atoms with van der Waals surface area (Å²) in [5.41, 5.74) is 0.583. The number of aliphatic carboxylic acids is 1. The van der Waals surface area contributed by atoms with Gasteiger partial charge in [0, 0.05) is 29.1 Å². The molecule has 0 saturated heterocycles. The van der Waals surface area contributed by atoms with Crippen LogP contribution in [0.1, 0.15) is 13.3 Å². The number of aliphatic hydroxyl groups excluding tert-OH is 1. The third-order valence-corrected chi connectivity index (χ3v) is 2.25. The minimum atomic E-state index is -1.00. The van der Waals surface area contributed by atoms with Crippen LogP contribution in [-0.4, -0.2) is 16.2 Å². The molecule has 98 valence electrons. The quantitative estimate of drug-likeness (QED) is 0.499. The van der Waals surface area contributed by atoms with Gasteiger partial charge in [-0.25, -0.2) is 16.9 Å². The summed E-state index contributed by atoms with van der Waals surface area (Å²) in [5, 5.41) is 18.0. The molecule has 1 aliphatic carbocycles. The van der Waals surface area contributed by atoms with Crippen LogP contribution >= 0.6 is 0 Å². The monoisotopic (exact) mass is 287 g/mol. The summed E-state index contributed by atoms with van der Waals surface area (Å²) in [7, 11) is 0. The molecule has 0 bridgehead atoms. The van der Waals surface area contributed by atoms with Gasteiger partial charge in [0.05, 0.1) is 5.57 Å². The van der Waals surface area contributed by atoms with Gasteiger partial charge in [-0.1, -0.05) is 19.1 Å². The molecule has 0 unspecified atom stereocenters. The zero-order valence-corrected chi connectivity index (χ0v) is 11.1. The maximum Gasteiger partial charge on any atom is 0.336 e. The molecule has 3 nitrogen and oxygen atoms in total. The zero-order valence-electron chi connectivity index (χ0n) is 9.98. The fraction of sp³-hybridized carbons (Fsp3) is 0.143. The third kappa shape index (κ3) is 4.70. The smallest absolute Gasteiger partial charge is 0.336 e. The Balaban J connectivity index is 0.000000405. The van der Waals surface area contributed by atoms with Crippen LogP contribution in [0.2, 0.25) is 0 Å². The summed E-state index contributed by atoms with van der Waals surface area (Å²) < 4.78 is 0. The molecule has 0 heterocycles. The van der Waals surface area contributed by atoms with Crippen molar-refractivity contribution in [2.75, 3.05) is 0 Å². The van der Waals surface area contributed by atoms with E-state index < -0.39 is 5.97 Å². The first-order chi connectivity index (χ1) is 8.16. The van der Waals surface area contributed by atoms with E-state index in [0.717, 1.165) is 0 Å². The molecule has 2 rings (SSSR count). The van der Waals surface area contributed by atoms with Gasteiger partial charge in [0.1, 0.15) is 5.76 Å². The van der Waals surface area contributed by atoms with Crippen molar-refractivity contribution in [2.24, 2.45) is 0 Å². The maximum atomic E-state index is 10.6. The van der Waals surface area contributed by atoms with E-state index in [2.05, 4.69) is 0 Å². The van der Waals surface area contributed by atoms with Crippen molar-refractivity contribution in [3.8, 4) is 0 Å². The van der Waals surface area contributed by atoms with Gasteiger partial charge in [-0.15, -0.1) is 0 Å². The van der Waals surface area contributed by atoms with Crippen molar-refractivity contribution in [1.29, 1.82) is 0 Å². The second kappa shape index (κ2) is 8.45. The average Bonchev–Trinajstić information content (AvgIpc) is 3.00. The van der Waals surface area contributed by atoms with Gasteiger partial charge in [0.2, 0.25) is 0 Å². The molecule has 0 amide bonds. The molecule has 0 saturated carbocycles. The van der Waals surface area contributed by atoms with Crippen LogP contribution in [-0.2, 0) is 21.9 Å². The summed E-state index contributed by atoms with van der Waals surface area (Å²) in [6, 6.07) is 10.0. The molecule has 18 heavy (non-hydrogen) atoms. The van der Waals surface area contributed by atoms with E-state index in [1.165, 1.54) is 6.08 Å². The minimum Gasteiger partial charge on any atom is -0.512 e. The fourth-order valence-electron chi connectivity index (χ4n) is 1.37. The molecule has 0 radical (unpaired) electrons. The van der Waals surface area contributed by atoms with Crippen molar-refractivity contribution < 1.29 is 32.1 Å². The van der Waals surface area contributed by atoms with Crippen molar-refractivity contribution >= 4 is 5.97 Å². The number of hydrogen-bond donors (Lipinski definition) is 2. The Morgan fingerprint density at radius 3 is 2.28 bits per heavy atom. The molecule has 0 spiro atoms. The Kier molecular flexibility index (Phi) is 7.68. The molecular formula is C14H15FeO3-. The molecule has 0 aliphatic heterocycles. The second-order valence-electron chi connectivity index (χ2n) is 3.42. The van der Waals surface area contributed by atoms with Gasteiger partial charge in [0.25, 0.3) is 0 Å². The van der Waals surface area contributed by atoms with Crippen LogP contribution in [0, 0.1) is 0 Å². The first kappa shape index (κ1) is 16.4. The molecule has 0 aromatic heterocycles. The third-order valence-electron chi connectivity index (χ3n) is 2.25. The molecule has 1 aromatic rings. The SMILES string of the molecule is CC/C(O)=C1\C=CC=C1C(=O)O.[Fe].c1cc[cH-]c1. The minimum absolute atomic E-state index is 0. The fourth-order valence-corrected chi connectivity index (χ4v) is 1.37. The number of aliphatic hydroxyl groups is 1. The summed E-state index contributed by atoms with van der Waals surface area (Å²) in [6.07, 6.45) is 5.14. The van der Waals surface area contributed by atoms with Gasteiger partial charge < -0.3 is 10.2 Å². The number of carboxylic acids is 1. The Morgan fingerprint density at radius 2 is 1.89 bits per heavy atom. The van der Waals surface area contributed by atoms with Crippen LogP contribution < -0.4 is 0 Å². The van der Waals surface area contributed by atoms with E-state index in [1.54, 1.807) is 19.1 Å². The summed E-state index contributed by atoms with van der Waals surface area (Å²) in [4.78, 5) is 10.6. The van der Waals surface area contributed by atoms with Crippen molar-refractivity contribution in [3.63, 3.8) is 0 Å². The molecule has 0 fully saturated rings. The largest absolute Gasteiger partial charge is 0.512 e. The zero-order chi connectivity index (χ0) is 12.7. The maximum absolute atomic E-state index is 10.6. The first-order valence-corrected chi connectivity index (χ1v) is 5.37. The molecule has 1 aromatic carbocycles. The Hall–Kier alpha value is -1.64. The first-order valence-electron chi connectivity index (χ1n) is 5.37. The van der Waals surface area contributed by atoms with E-state index in [9.17, 15) is 9.90 Å². The second-order valence-corrected chi connectivity index (χ2v) is 3.42. The number of rotatable bonds is 2. The number of carboxylic acid groups (broad SMARTS) is 1. The predicted molar refractivity (Wildman–Crippen MR) is 66.8 cm³/mol. The van der Waals surface area contributed by atoms with Crippen molar-refractivity contribution in [3.05, 3.63) is 65.5 Å². The van der Waals surface area contributed by atoms with Crippen molar-refractivity contribution in [1.82, 2.24) is 0 Å². The normalized spacial score (nSPS) is 15.1. The van der Waals surface area contributed by atoms with Gasteiger partial charge in [0.15, 0.2) is 0 Å². The summed E-state index contributed by atoms with van der Waals surface area (Å²) in [6.45, 7) is 1.77. The van der Waals surface area contributed by atoms with E-state index in [-0.39, 0.29) is 28.4 Å². The number of allylic oxidation sites excluding steroid dienone is 4. The predicted octanol–water partition coefficient (Wildman–Crippen LogP) is 3.19. The van der Waals surface area contributed by atoms with Crippen LogP contribution in [0.3, 0.4) is 0 Å². The van der Waals surface area contributed by atoms with E-state index >= 15 is 0 Å². The standard InChI is InChI=1S/C9H10O3.C5H5.Fe/c1-2-8(10)6-4-3-5-7(6)9(11)12;1-2-4-5-3-1;/h3-5,10H,2H2,1H3,(H,11,12);1-5H;/q;-1;/b8-6-;;. The van der Waals surface area contributed by atoms with Crippen LogP contribution in [0.4, 0.5) is 0 Å². The molecule has 0 atom stereocenters. The molecule has 2 N–H and O–H groups in total. The van der Waals surface area contributed by atoms with Gasteiger partial charge >= 0.3 is 5.97 Å².